The van der Waals surface area contributed by atoms with Crippen LogP contribution in [0, 0.1) is 0 Å². The first kappa shape index (κ1) is 20.9. The quantitative estimate of drug-likeness (QED) is 0.577. The van der Waals surface area contributed by atoms with E-state index in [0.29, 0.717) is 5.56 Å². The van der Waals surface area contributed by atoms with Crippen LogP contribution in [0.4, 0.5) is 0 Å². The van der Waals surface area contributed by atoms with Gasteiger partial charge in [-0.3, -0.25) is 9.59 Å². The van der Waals surface area contributed by atoms with Gasteiger partial charge in [0.25, 0.3) is 5.91 Å². The van der Waals surface area contributed by atoms with Crippen LogP contribution in [0.3, 0.4) is 0 Å². The second kappa shape index (κ2) is 10.1. The van der Waals surface area contributed by atoms with Gasteiger partial charge in [-0.15, -0.1) is 0 Å². The number of benzene rings is 3. The Kier molecular flexibility index (Phi) is 7.25. The van der Waals surface area contributed by atoms with E-state index in [4.69, 9.17) is 0 Å². The number of thioether (sulfide) groups is 1. The molecule has 0 saturated carbocycles. The first-order valence-corrected chi connectivity index (χ1v) is 10.6. The summed E-state index contributed by atoms with van der Waals surface area (Å²) < 4.78 is 0. The van der Waals surface area contributed by atoms with E-state index in [9.17, 15) is 9.59 Å². The molecule has 0 bridgehead atoms. The third kappa shape index (κ3) is 6.06. The van der Waals surface area contributed by atoms with Crippen molar-refractivity contribution in [2.45, 2.75) is 31.6 Å². The van der Waals surface area contributed by atoms with Crippen LogP contribution in [0.15, 0.2) is 84.9 Å². The average molecular weight is 404 g/mol. The predicted octanol–water partition coefficient (Wildman–Crippen LogP) is 5.36. The second-order valence-corrected chi connectivity index (χ2v) is 8.52. The summed E-state index contributed by atoms with van der Waals surface area (Å²) in [5.41, 5.74) is 4.13. The lowest BCUT2D eigenvalue weighted by Crippen LogP contribution is -2.37. The van der Waals surface area contributed by atoms with E-state index in [0.717, 1.165) is 6.42 Å². The van der Waals surface area contributed by atoms with Crippen LogP contribution in [0.5, 0.6) is 0 Å². The molecule has 0 radical (unpaired) electrons. The smallest absolute Gasteiger partial charge is 0.251 e. The van der Waals surface area contributed by atoms with Crippen molar-refractivity contribution in [1.82, 2.24) is 5.32 Å². The molecule has 148 valence electrons. The first-order valence-electron chi connectivity index (χ1n) is 9.73. The highest BCUT2D eigenvalue weighted by Crippen LogP contribution is 2.22. The fraction of sp³-hybridized carbons (Fsp3) is 0.200. The van der Waals surface area contributed by atoms with Crippen LogP contribution in [0.2, 0.25) is 0 Å². The van der Waals surface area contributed by atoms with E-state index >= 15 is 0 Å². The highest BCUT2D eigenvalue weighted by Gasteiger charge is 2.19. The van der Waals surface area contributed by atoms with Gasteiger partial charge in [-0.2, -0.15) is 0 Å². The predicted molar refractivity (Wildman–Crippen MR) is 121 cm³/mol. The SMILES string of the molecule is C[C@@H](Cc1ccc(-c2ccccc2)cc1)SC(=O)[C@@H](C)NC(=O)c1ccccc1. The normalized spacial score (nSPS) is 12.8. The molecule has 29 heavy (non-hydrogen) atoms. The lowest BCUT2D eigenvalue weighted by atomic mass is 10.0. The molecular formula is C25H25NO2S. The molecule has 0 aliphatic rings. The monoisotopic (exact) mass is 403 g/mol. The zero-order valence-corrected chi connectivity index (χ0v) is 17.5. The van der Waals surface area contributed by atoms with Crippen LogP contribution < -0.4 is 5.32 Å². The van der Waals surface area contributed by atoms with Crippen LogP contribution >= 0.6 is 11.8 Å². The van der Waals surface area contributed by atoms with Crippen LogP contribution in [-0.4, -0.2) is 22.3 Å². The molecule has 3 nitrogen and oxygen atoms in total. The number of carbonyl (C=O) groups is 2. The van der Waals surface area contributed by atoms with Gasteiger partial charge in [0.15, 0.2) is 0 Å². The van der Waals surface area contributed by atoms with Crippen molar-refractivity contribution in [3.63, 3.8) is 0 Å². The number of nitrogens with one attached hydrogen (secondary N) is 1. The van der Waals surface area contributed by atoms with E-state index in [1.54, 1.807) is 31.2 Å². The molecule has 0 aliphatic heterocycles. The molecule has 0 saturated heterocycles. The Labute approximate surface area is 176 Å². The van der Waals surface area contributed by atoms with Gasteiger partial charge in [0.05, 0.1) is 6.04 Å². The minimum Gasteiger partial charge on any atom is -0.342 e. The third-order valence-corrected chi connectivity index (χ3v) is 5.79. The summed E-state index contributed by atoms with van der Waals surface area (Å²) in [4.78, 5) is 24.7. The maximum atomic E-state index is 12.5. The number of amides is 1. The maximum absolute atomic E-state index is 12.5. The Morgan fingerprint density at radius 1 is 0.793 bits per heavy atom. The average Bonchev–Trinajstić information content (AvgIpc) is 2.75. The second-order valence-electron chi connectivity index (χ2n) is 7.08. The highest BCUT2D eigenvalue weighted by molar-refractivity contribution is 8.14. The molecule has 0 heterocycles. The molecule has 1 N–H and O–H groups in total. The van der Waals surface area contributed by atoms with E-state index in [2.05, 4.69) is 41.7 Å². The van der Waals surface area contributed by atoms with Crippen LogP contribution in [-0.2, 0) is 11.2 Å². The minimum atomic E-state index is -0.532. The molecule has 0 aromatic heterocycles. The van der Waals surface area contributed by atoms with Gasteiger partial charge >= 0.3 is 0 Å². The molecule has 4 heteroatoms. The Balaban J connectivity index is 1.51. The van der Waals surface area contributed by atoms with Gasteiger partial charge < -0.3 is 5.32 Å². The molecule has 0 fully saturated rings. The lowest BCUT2D eigenvalue weighted by molar-refractivity contribution is -0.112. The highest BCUT2D eigenvalue weighted by atomic mass is 32.2. The standard InChI is InChI=1S/C25H25NO2S/c1-18(17-20-13-15-22(16-14-20)21-9-5-3-6-10-21)29-25(28)19(2)26-24(27)23-11-7-4-8-12-23/h3-16,18-19H,17H2,1-2H3,(H,26,27)/t18-,19+/m0/s1. The molecule has 2 atom stereocenters. The van der Waals surface area contributed by atoms with Gasteiger partial charge in [-0.25, -0.2) is 0 Å². The van der Waals surface area contributed by atoms with Crippen LogP contribution in [0.1, 0.15) is 29.8 Å². The maximum Gasteiger partial charge on any atom is 0.251 e. The molecule has 3 aromatic rings. The van der Waals surface area contributed by atoms with E-state index in [1.165, 1.54) is 28.5 Å². The third-order valence-electron chi connectivity index (χ3n) is 4.64. The zero-order chi connectivity index (χ0) is 20.6. The van der Waals surface area contributed by atoms with Crippen molar-refractivity contribution in [3.8, 4) is 11.1 Å². The summed E-state index contributed by atoms with van der Waals surface area (Å²) in [6.45, 7) is 3.77. The van der Waals surface area contributed by atoms with E-state index in [1.807, 2.05) is 31.2 Å². The summed E-state index contributed by atoms with van der Waals surface area (Å²) in [7, 11) is 0. The largest absolute Gasteiger partial charge is 0.342 e. The summed E-state index contributed by atoms with van der Waals surface area (Å²) in [6, 6.07) is 27.1. The molecule has 0 spiro atoms. The number of carbonyl (C=O) groups excluding carboxylic acids is 2. The summed E-state index contributed by atoms with van der Waals surface area (Å²) >= 11 is 1.29. The molecule has 0 aliphatic carbocycles. The lowest BCUT2D eigenvalue weighted by Gasteiger charge is -2.16. The van der Waals surface area contributed by atoms with Crippen LogP contribution in [0.25, 0.3) is 11.1 Å². The number of hydrogen-bond donors (Lipinski definition) is 1. The van der Waals surface area contributed by atoms with Gasteiger partial charge in [-0.1, -0.05) is 91.5 Å². The van der Waals surface area contributed by atoms with E-state index < -0.39 is 6.04 Å². The van der Waals surface area contributed by atoms with Crippen molar-refractivity contribution < 1.29 is 9.59 Å². The fourth-order valence-electron chi connectivity index (χ4n) is 3.07. The summed E-state index contributed by atoms with van der Waals surface area (Å²) in [6.07, 6.45) is 0.796. The van der Waals surface area contributed by atoms with E-state index in [-0.39, 0.29) is 16.3 Å². The van der Waals surface area contributed by atoms with Crippen molar-refractivity contribution in [1.29, 1.82) is 0 Å². The Hall–Kier alpha value is -2.85. The summed E-state index contributed by atoms with van der Waals surface area (Å²) in [5, 5.41) is 2.88. The minimum absolute atomic E-state index is 0.0253. The van der Waals surface area contributed by atoms with Gasteiger partial charge in [0.2, 0.25) is 5.12 Å². The molecule has 3 rings (SSSR count). The molecular weight excluding hydrogens is 378 g/mol. The van der Waals surface area contributed by atoms with Crippen molar-refractivity contribution in [2.75, 3.05) is 0 Å². The van der Waals surface area contributed by atoms with Gasteiger partial charge in [-0.05, 0) is 42.2 Å². The molecule has 0 unspecified atom stereocenters. The number of hydrogen-bond acceptors (Lipinski definition) is 3. The molecule has 1 amide bonds. The Morgan fingerprint density at radius 2 is 1.34 bits per heavy atom. The van der Waals surface area contributed by atoms with Crippen molar-refractivity contribution >= 4 is 22.8 Å². The first-order chi connectivity index (χ1) is 14.0. The Bertz CT molecular complexity index is 940. The Morgan fingerprint density at radius 3 is 1.97 bits per heavy atom. The van der Waals surface area contributed by atoms with Crippen molar-refractivity contribution in [3.05, 3.63) is 96.1 Å². The zero-order valence-electron chi connectivity index (χ0n) is 16.7. The fourth-order valence-corrected chi connectivity index (χ4v) is 4.00. The van der Waals surface area contributed by atoms with Gasteiger partial charge in [0, 0.05) is 10.8 Å². The number of rotatable bonds is 7. The topological polar surface area (TPSA) is 46.2 Å². The molecule has 3 aromatic carbocycles. The van der Waals surface area contributed by atoms with Crippen molar-refractivity contribution in [2.24, 2.45) is 0 Å². The summed E-state index contributed by atoms with van der Waals surface area (Å²) in [5.74, 6) is -0.226. The van der Waals surface area contributed by atoms with Gasteiger partial charge in [0.1, 0.15) is 0 Å².